The first-order valence-corrected chi connectivity index (χ1v) is 4.76. The van der Waals surface area contributed by atoms with Gasteiger partial charge in [-0.2, -0.15) is 5.10 Å². The van der Waals surface area contributed by atoms with Crippen LogP contribution in [0.15, 0.2) is 5.10 Å². The van der Waals surface area contributed by atoms with Gasteiger partial charge in [0, 0.05) is 12.8 Å². The predicted molar refractivity (Wildman–Crippen MR) is 55.3 cm³/mol. The SMILES string of the molecule is C=NNC(=S)NC1CCCCC1. The molecule has 1 saturated carbocycles. The summed E-state index contributed by atoms with van der Waals surface area (Å²) < 4.78 is 0. The van der Waals surface area contributed by atoms with Crippen molar-refractivity contribution in [1.82, 2.24) is 10.7 Å². The summed E-state index contributed by atoms with van der Waals surface area (Å²) in [6, 6.07) is 0.542. The molecule has 0 aliphatic heterocycles. The minimum Gasteiger partial charge on any atom is -0.359 e. The highest BCUT2D eigenvalue weighted by molar-refractivity contribution is 7.80. The van der Waals surface area contributed by atoms with Crippen molar-refractivity contribution in [3.63, 3.8) is 0 Å². The zero-order valence-electron chi connectivity index (χ0n) is 7.18. The second-order valence-electron chi connectivity index (χ2n) is 3.08. The van der Waals surface area contributed by atoms with Crippen LogP contribution in [0.3, 0.4) is 0 Å². The van der Waals surface area contributed by atoms with E-state index >= 15 is 0 Å². The molecule has 0 radical (unpaired) electrons. The Morgan fingerprint density at radius 2 is 2.00 bits per heavy atom. The van der Waals surface area contributed by atoms with Gasteiger partial charge in [0.25, 0.3) is 0 Å². The van der Waals surface area contributed by atoms with E-state index < -0.39 is 0 Å². The average molecular weight is 185 g/mol. The van der Waals surface area contributed by atoms with E-state index in [2.05, 4.69) is 22.6 Å². The van der Waals surface area contributed by atoms with Crippen molar-refractivity contribution < 1.29 is 0 Å². The largest absolute Gasteiger partial charge is 0.359 e. The molecule has 12 heavy (non-hydrogen) atoms. The molecule has 3 nitrogen and oxygen atoms in total. The van der Waals surface area contributed by atoms with Gasteiger partial charge in [-0.1, -0.05) is 19.3 Å². The van der Waals surface area contributed by atoms with Gasteiger partial charge in [0.2, 0.25) is 0 Å². The Balaban J connectivity index is 2.19. The smallest absolute Gasteiger partial charge is 0.187 e. The zero-order valence-corrected chi connectivity index (χ0v) is 7.99. The highest BCUT2D eigenvalue weighted by Gasteiger charge is 2.13. The molecule has 0 spiro atoms. The molecule has 68 valence electrons. The van der Waals surface area contributed by atoms with E-state index in [-0.39, 0.29) is 0 Å². The van der Waals surface area contributed by atoms with Crippen LogP contribution in [0.2, 0.25) is 0 Å². The fraction of sp³-hybridized carbons (Fsp3) is 0.750. The number of thiocarbonyl (C=S) groups is 1. The van der Waals surface area contributed by atoms with E-state index in [1.807, 2.05) is 0 Å². The number of nitrogens with zero attached hydrogens (tertiary/aromatic N) is 1. The van der Waals surface area contributed by atoms with E-state index in [4.69, 9.17) is 12.2 Å². The van der Waals surface area contributed by atoms with Crippen molar-refractivity contribution in [2.45, 2.75) is 38.1 Å². The molecule has 0 aromatic carbocycles. The first-order valence-electron chi connectivity index (χ1n) is 4.35. The highest BCUT2D eigenvalue weighted by Crippen LogP contribution is 2.16. The summed E-state index contributed by atoms with van der Waals surface area (Å²) in [6.07, 6.45) is 6.42. The van der Waals surface area contributed by atoms with Crippen molar-refractivity contribution in [3.05, 3.63) is 0 Å². The fourth-order valence-corrected chi connectivity index (χ4v) is 1.77. The van der Waals surface area contributed by atoms with Crippen molar-refractivity contribution >= 4 is 24.0 Å². The third kappa shape index (κ3) is 3.17. The maximum Gasteiger partial charge on any atom is 0.187 e. The molecule has 4 heteroatoms. The van der Waals surface area contributed by atoms with Gasteiger partial charge in [-0.15, -0.1) is 0 Å². The summed E-state index contributed by atoms with van der Waals surface area (Å²) in [5.41, 5.74) is 2.63. The molecular formula is C8H15N3S. The van der Waals surface area contributed by atoms with Gasteiger partial charge in [0.05, 0.1) is 0 Å². The third-order valence-electron chi connectivity index (χ3n) is 2.12. The minimum absolute atomic E-state index is 0.542. The normalized spacial score (nSPS) is 18.3. The van der Waals surface area contributed by atoms with E-state index in [1.54, 1.807) is 0 Å². The Kier molecular flexibility index (Phi) is 4.00. The maximum absolute atomic E-state index is 4.98. The molecule has 0 bridgehead atoms. The van der Waals surface area contributed by atoms with Crippen LogP contribution in [0, 0.1) is 0 Å². The van der Waals surface area contributed by atoms with E-state index in [1.165, 1.54) is 32.1 Å². The Hall–Kier alpha value is -0.640. The lowest BCUT2D eigenvalue weighted by molar-refractivity contribution is 0.412. The molecule has 0 atom stereocenters. The average Bonchev–Trinajstić information content (AvgIpc) is 2.06. The predicted octanol–water partition coefficient (Wildman–Crippen LogP) is 1.40. The lowest BCUT2D eigenvalue weighted by atomic mass is 9.96. The summed E-state index contributed by atoms with van der Waals surface area (Å²) in [6.45, 7) is 3.31. The Labute approximate surface area is 78.6 Å². The molecule has 0 heterocycles. The van der Waals surface area contributed by atoms with Crippen LogP contribution >= 0.6 is 12.2 Å². The number of hydrazone groups is 1. The molecule has 1 aliphatic rings. The molecule has 0 aromatic heterocycles. The molecule has 0 saturated heterocycles. The van der Waals surface area contributed by atoms with Crippen LogP contribution in [0.5, 0.6) is 0 Å². The van der Waals surface area contributed by atoms with Crippen molar-refractivity contribution in [2.24, 2.45) is 5.10 Å². The summed E-state index contributed by atoms with van der Waals surface area (Å²) in [4.78, 5) is 0. The summed E-state index contributed by atoms with van der Waals surface area (Å²) in [5, 5.41) is 7.30. The highest BCUT2D eigenvalue weighted by atomic mass is 32.1. The first kappa shape index (κ1) is 9.45. The van der Waals surface area contributed by atoms with Gasteiger partial charge < -0.3 is 5.32 Å². The van der Waals surface area contributed by atoms with Crippen molar-refractivity contribution in [3.8, 4) is 0 Å². The second kappa shape index (κ2) is 5.09. The Bertz CT molecular complexity index is 164. The molecule has 1 aliphatic carbocycles. The van der Waals surface area contributed by atoms with Gasteiger partial charge >= 0.3 is 0 Å². The summed E-state index contributed by atoms with van der Waals surface area (Å²) >= 11 is 4.98. The number of hydrogen-bond donors (Lipinski definition) is 2. The maximum atomic E-state index is 4.98. The van der Waals surface area contributed by atoms with E-state index in [9.17, 15) is 0 Å². The molecule has 0 aromatic rings. The molecule has 1 fully saturated rings. The lowest BCUT2D eigenvalue weighted by Crippen LogP contribution is -2.40. The lowest BCUT2D eigenvalue weighted by Gasteiger charge is -2.23. The monoisotopic (exact) mass is 185 g/mol. The fourth-order valence-electron chi connectivity index (χ4n) is 1.54. The number of nitrogens with one attached hydrogen (secondary N) is 2. The molecule has 0 amide bonds. The molecule has 2 N–H and O–H groups in total. The van der Waals surface area contributed by atoms with Crippen LogP contribution in [0.4, 0.5) is 0 Å². The first-order chi connectivity index (χ1) is 5.83. The van der Waals surface area contributed by atoms with Gasteiger partial charge in [-0.05, 0) is 25.1 Å². The van der Waals surface area contributed by atoms with Gasteiger partial charge in [0.1, 0.15) is 0 Å². The minimum atomic E-state index is 0.542. The van der Waals surface area contributed by atoms with Crippen molar-refractivity contribution in [2.75, 3.05) is 0 Å². The third-order valence-corrected chi connectivity index (χ3v) is 2.33. The summed E-state index contributed by atoms with van der Waals surface area (Å²) in [7, 11) is 0. The van der Waals surface area contributed by atoms with Crippen LogP contribution in [-0.2, 0) is 0 Å². The van der Waals surface area contributed by atoms with Gasteiger partial charge in [-0.25, -0.2) is 0 Å². The van der Waals surface area contributed by atoms with E-state index in [0.29, 0.717) is 11.2 Å². The topological polar surface area (TPSA) is 36.4 Å². The van der Waals surface area contributed by atoms with Gasteiger partial charge in [0.15, 0.2) is 5.11 Å². The standard InChI is InChI=1S/C8H15N3S/c1-9-11-8(12)10-7-5-3-2-4-6-7/h7H,1-6H2,(H2,10,11,12). The van der Waals surface area contributed by atoms with Gasteiger partial charge in [-0.3, -0.25) is 5.43 Å². The molecule has 0 unspecified atom stereocenters. The summed E-state index contributed by atoms with van der Waals surface area (Å²) in [5.74, 6) is 0. The van der Waals surface area contributed by atoms with Crippen LogP contribution in [0.25, 0.3) is 0 Å². The molecular weight excluding hydrogens is 170 g/mol. The van der Waals surface area contributed by atoms with E-state index in [0.717, 1.165) is 0 Å². The van der Waals surface area contributed by atoms with Crippen LogP contribution < -0.4 is 10.7 Å². The quantitative estimate of drug-likeness (QED) is 0.388. The van der Waals surface area contributed by atoms with Crippen LogP contribution in [0.1, 0.15) is 32.1 Å². The Morgan fingerprint density at radius 1 is 1.33 bits per heavy atom. The Morgan fingerprint density at radius 3 is 2.58 bits per heavy atom. The number of hydrogen-bond acceptors (Lipinski definition) is 2. The van der Waals surface area contributed by atoms with Crippen molar-refractivity contribution in [1.29, 1.82) is 0 Å². The zero-order chi connectivity index (χ0) is 8.81. The van der Waals surface area contributed by atoms with Crippen LogP contribution in [-0.4, -0.2) is 17.9 Å². The molecule has 1 rings (SSSR count). The second-order valence-corrected chi connectivity index (χ2v) is 3.49. The number of rotatable bonds is 2.